The number of hydrogen-bond acceptors (Lipinski definition) is 2. The van der Waals surface area contributed by atoms with Crippen molar-refractivity contribution < 1.29 is 9.69 Å². The Bertz CT molecular complexity index is 872. The standard InChI is InChI=1S/C22H26N4O/c1-17(2)23-21(27)16-25(3)14-19-15-26(20-12-8-5-9-13-20)24-22(19)18-10-6-4-7-11-18/h4-13,15,17H,14,16H2,1-3H3,(H,23,27)/p+1. The molecule has 1 aromatic heterocycles. The van der Waals surface area contributed by atoms with Gasteiger partial charge in [-0.15, -0.1) is 0 Å². The van der Waals surface area contributed by atoms with Crippen LogP contribution in [0.25, 0.3) is 16.9 Å². The van der Waals surface area contributed by atoms with E-state index in [4.69, 9.17) is 5.10 Å². The van der Waals surface area contributed by atoms with Crippen molar-refractivity contribution in [3.63, 3.8) is 0 Å². The molecule has 0 fully saturated rings. The van der Waals surface area contributed by atoms with Gasteiger partial charge in [0.15, 0.2) is 6.54 Å². The molecule has 1 heterocycles. The number of nitrogens with zero attached hydrogens (tertiary/aromatic N) is 2. The number of carbonyl (C=O) groups is 1. The van der Waals surface area contributed by atoms with Crippen LogP contribution in [0, 0.1) is 0 Å². The molecule has 27 heavy (non-hydrogen) atoms. The summed E-state index contributed by atoms with van der Waals surface area (Å²) in [6, 6.07) is 20.4. The van der Waals surface area contributed by atoms with Crippen molar-refractivity contribution in [1.29, 1.82) is 0 Å². The number of quaternary nitrogens is 1. The predicted octanol–water partition coefficient (Wildman–Crippen LogP) is 2.08. The van der Waals surface area contributed by atoms with Gasteiger partial charge in [-0.05, 0) is 26.0 Å². The van der Waals surface area contributed by atoms with E-state index in [1.54, 1.807) is 0 Å². The second-order valence-corrected chi connectivity index (χ2v) is 7.18. The van der Waals surface area contributed by atoms with E-state index in [1.807, 2.05) is 74.1 Å². The maximum absolute atomic E-state index is 12.1. The number of para-hydroxylation sites is 1. The fourth-order valence-electron chi connectivity index (χ4n) is 3.13. The summed E-state index contributed by atoms with van der Waals surface area (Å²) < 4.78 is 1.92. The Morgan fingerprint density at radius 1 is 1.07 bits per heavy atom. The molecule has 140 valence electrons. The SMILES string of the molecule is CC(C)NC(=O)C[NH+](C)Cc1cn(-c2ccccc2)nc1-c1ccccc1. The van der Waals surface area contributed by atoms with E-state index in [9.17, 15) is 4.79 Å². The lowest BCUT2D eigenvalue weighted by molar-refractivity contribution is -0.885. The van der Waals surface area contributed by atoms with Crippen molar-refractivity contribution in [3.8, 4) is 16.9 Å². The lowest BCUT2D eigenvalue weighted by atomic mass is 10.1. The van der Waals surface area contributed by atoms with Crippen LogP contribution in [0.4, 0.5) is 0 Å². The zero-order valence-electron chi connectivity index (χ0n) is 16.1. The lowest BCUT2D eigenvalue weighted by Crippen LogP contribution is -3.09. The van der Waals surface area contributed by atoms with Gasteiger partial charge in [-0.25, -0.2) is 4.68 Å². The number of carbonyl (C=O) groups excluding carboxylic acids is 1. The monoisotopic (exact) mass is 363 g/mol. The highest BCUT2D eigenvalue weighted by Gasteiger charge is 2.18. The van der Waals surface area contributed by atoms with Gasteiger partial charge < -0.3 is 10.2 Å². The molecular weight excluding hydrogens is 336 g/mol. The summed E-state index contributed by atoms with van der Waals surface area (Å²) in [6.07, 6.45) is 2.07. The summed E-state index contributed by atoms with van der Waals surface area (Å²) in [7, 11) is 2.04. The third-order valence-electron chi connectivity index (χ3n) is 4.26. The van der Waals surface area contributed by atoms with Crippen molar-refractivity contribution >= 4 is 5.91 Å². The molecule has 3 rings (SSSR count). The summed E-state index contributed by atoms with van der Waals surface area (Å²) in [5, 5.41) is 7.79. The Labute approximate surface area is 160 Å². The highest BCUT2D eigenvalue weighted by atomic mass is 16.2. The van der Waals surface area contributed by atoms with E-state index >= 15 is 0 Å². The Balaban J connectivity index is 1.86. The van der Waals surface area contributed by atoms with Crippen LogP contribution in [0.3, 0.4) is 0 Å². The topological polar surface area (TPSA) is 51.4 Å². The number of hydrogen-bond donors (Lipinski definition) is 2. The van der Waals surface area contributed by atoms with E-state index < -0.39 is 0 Å². The second kappa shape index (κ2) is 8.64. The highest BCUT2D eigenvalue weighted by molar-refractivity contribution is 5.77. The molecule has 0 saturated heterocycles. The molecule has 0 bridgehead atoms. The molecule has 1 amide bonds. The first kappa shape index (κ1) is 18.9. The molecule has 0 spiro atoms. The van der Waals surface area contributed by atoms with Gasteiger partial charge >= 0.3 is 0 Å². The number of likely N-dealkylation sites (N-methyl/N-ethyl adjacent to an activating group) is 1. The van der Waals surface area contributed by atoms with Crippen LogP contribution >= 0.6 is 0 Å². The minimum Gasteiger partial charge on any atom is -0.349 e. The summed E-state index contributed by atoms with van der Waals surface area (Å²) in [6.45, 7) is 5.11. The molecule has 1 unspecified atom stereocenters. The van der Waals surface area contributed by atoms with Crippen LogP contribution in [0.2, 0.25) is 0 Å². The van der Waals surface area contributed by atoms with Crippen molar-refractivity contribution in [2.24, 2.45) is 0 Å². The third kappa shape index (κ3) is 5.05. The molecule has 0 aliphatic heterocycles. The number of benzene rings is 2. The maximum Gasteiger partial charge on any atom is 0.275 e. The van der Waals surface area contributed by atoms with Gasteiger partial charge in [-0.1, -0.05) is 48.5 Å². The van der Waals surface area contributed by atoms with Crippen LogP contribution < -0.4 is 10.2 Å². The van der Waals surface area contributed by atoms with Gasteiger partial charge in [0.2, 0.25) is 0 Å². The van der Waals surface area contributed by atoms with Crippen molar-refractivity contribution in [3.05, 3.63) is 72.4 Å². The number of aromatic nitrogens is 2. The molecule has 1 atom stereocenters. The minimum absolute atomic E-state index is 0.0687. The van der Waals surface area contributed by atoms with Crippen LogP contribution in [-0.2, 0) is 11.3 Å². The predicted molar refractivity (Wildman–Crippen MR) is 108 cm³/mol. The summed E-state index contributed by atoms with van der Waals surface area (Å²) >= 11 is 0. The van der Waals surface area contributed by atoms with E-state index in [1.165, 1.54) is 0 Å². The maximum atomic E-state index is 12.1. The average molecular weight is 363 g/mol. The molecule has 2 N–H and O–H groups in total. The van der Waals surface area contributed by atoms with Crippen molar-refractivity contribution in [2.75, 3.05) is 13.6 Å². The molecule has 0 aliphatic rings. The van der Waals surface area contributed by atoms with E-state index in [0.29, 0.717) is 6.54 Å². The number of rotatable bonds is 7. The minimum atomic E-state index is 0.0687. The zero-order chi connectivity index (χ0) is 19.2. The Morgan fingerprint density at radius 3 is 2.33 bits per heavy atom. The quantitative estimate of drug-likeness (QED) is 0.675. The van der Waals surface area contributed by atoms with Gasteiger partial charge in [0.05, 0.1) is 18.3 Å². The summed E-state index contributed by atoms with van der Waals surface area (Å²) in [5.41, 5.74) is 4.20. The molecule has 3 aromatic rings. The lowest BCUT2D eigenvalue weighted by Gasteiger charge is -2.15. The first-order valence-electron chi connectivity index (χ1n) is 9.33. The second-order valence-electron chi connectivity index (χ2n) is 7.18. The van der Waals surface area contributed by atoms with Crippen molar-refractivity contribution in [2.45, 2.75) is 26.4 Å². The Hall–Kier alpha value is -2.92. The highest BCUT2D eigenvalue weighted by Crippen LogP contribution is 2.23. The smallest absolute Gasteiger partial charge is 0.275 e. The fourth-order valence-corrected chi connectivity index (χ4v) is 3.13. The third-order valence-corrected chi connectivity index (χ3v) is 4.26. The average Bonchev–Trinajstić information content (AvgIpc) is 3.06. The molecule has 5 nitrogen and oxygen atoms in total. The van der Waals surface area contributed by atoms with Gasteiger partial charge in [0.25, 0.3) is 5.91 Å². The molecule has 2 aromatic carbocycles. The van der Waals surface area contributed by atoms with Gasteiger partial charge in [0.1, 0.15) is 12.2 Å². The van der Waals surface area contributed by atoms with E-state index in [-0.39, 0.29) is 11.9 Å². The van der Waals surface area contributed by atoms with E-state index in [2.05, 4.69) is 23.6 Å². The van der Waals surface area contributed by atoms with Crippen molar-refractivity contribution in [1.82, 2.24) is 15.1 Å². The number of amides is 1. The van der Waals surface area contributed by atoms with Gasteiger partial charge in [0, 0.05) is 17.8 Å². The van der Waals surface area contributed by atoms with E-state index in [0.717, 1.165) is 34.0 Å². The van der Waals surface area contributed by atoms with Gasteiger partial charge in [-0.2, -0.15) is 5.10 Å². The normalized spacial score (nSPS) is 12.1. The fraction of sp³-hybridized carbons (Fsp3) is 0.273. The number of nitrogens with one attached hydrogen (secondary N) is 2. The molecule has 5 heteroatoms. The van der Waals surface area contributed by atoms with Crippen LogP contribution in [0.15, 0.2) is 66.9 Å². The Morgan fingerprint density at radius 2 is 1.70 bits per heavy atom. The molecule has 0 saturated carbocycles. The Kier molecular flexibility index (Phi) is 6.04. The molecular formula is C22H27N4O+. The molecule has 0 aliphatic carbocycles. The van der Waals surface area contributed by atoms with Crippen LogP contribution in [0.5, 0.6) is 0 Å². The summed E-state index contributed by atoms with van der Waals surface area (Å²) in [4.78, 5) is 13.2. The van der Waals surface area contributed by atoms with Gasteiger partial charge in [-0.3, -0.25) is 4.79 Å². The largest absolute Gasteiger partial charge is 0.349 e. The van der Waals surface area contributed by atoms with Crippen LogP contribution in [-0.4, -0.2) is 35.3 Å². The first-order valence-corrected chi connectivity index (χ1v) is 9.33. The van der Waals surface area contributed by atoms with Crippen LogP contribution in [0.1, 0.15) is 19.4 Å². The summed E-state index contributed by atoms with van der Waals surface area (Å²) in [5.74, 6) is 0.0687. The molecule has 0 radical (unpaired) electrons. The first-order chi connectivity index (χ1) is 13.0. The zero-order valence-corrected chi connectivity index (χ0v) is 16.1.